The van der Waals surface area contributed by atoms with Crippen LogP contribution in [-0.2, 0) is 6.54 Å². The highest BCUT2D eigenvalue weighted by atomic mass is 19.2. The Bertz CT molecular complexity index is 1250. The van der Waals surface area contributed by atoms with E-state index < -0.39 is 23.6 Å². The third kappa shape index (κ3) is 6.20. The summed E-state index contributed by atoms with van der Waals surface area (Å²) >= 11 is 0. The SMILES string of the molecule is COc1ccc2ncc(CN)c(C(O)CCC3(CO)CCN(CCNc4cc(F)cc(F)c4F)CC3)c2c1. The van der Waals surface area contributed by atoms with Gasteiger partial charge in [-0.3, -0.25) is 4.98 Å². The van der Waals surface area contributed by atoms with Crippen LogP contribution in [0.5, 0.6) is 5.75 Å². The molecule has 0 bridgehead atoms. The summed E-state index contributed by atoms with van der Waals surface area (Å²) in [7, 11) is 1.59. The number of methoxy groups -OCH3 is 1. The molecule has 1 unspecified atom stereocenters. The van der Waals surface area contributed by atoms with E-state index in [4.69, 9.17) is 10.5 Å². The van der Waals surface area contributed by atoms with Gasteiger partial charge in [-0.1, -0.05) is 0 Å². The fourth-order valence-electron chi connectivity index (χ4n) is 5.28. The van der Waals surface area contributed by atoms with Gasteiger partial charge >= 0.3 is 0 Å². The highest BCUT2D eigenvalue weighted by Crippen LogP contribution is 2.39. The number of ether oxygens (including phenoxy) is 1. The number of pyridine rings is 1. The number of aliphatic hydroxyl groups excluding tert-OH is 2. The molecule has 0 saturated carbocycles. The zero-order chi connectivity index (χ0) is 27.3. The van der Waals surface area contributed by atoms with Gasteiger partial charge in [0.1, 0.15) is 11.6 Å². The molecule has 206 valence electrons. The summed E-state index contributed by atoms with van der Waals surface area (Å²) in [6.07, 6.45) is 3.46. The minimum absolute atomic E-state index is 0.00819. The maximum atomic E-state index is 13.9. The summed E-state index contributed by atoms with van der Waals surface area (Å²) in [6, 6.07) is 6.99. The molecule has 2 aromatic carbocycles. The zero-order valence-electron chi connectivity index (χ0n) is 21.5. The fraction of sp³-hybridized carbons (Fsp3) is 0.464. The normalized spacial score (nSPS) is 16.5. The molecule has 3 aromatic rings. The molecule has 0 aliphatic carbocycles. The van der Waals surface area contributed by atoms with Gasteiger partial charge in [0.05, 0.1) is 24.4 Å². The van der Waals surface area contributed by atoms with Crippen molar-refractivity contribution in [1.29, 1.82) is 0 Å². The average molecular weight is 533 g/mol. The Kier molecular flexibility index (Phi) is 9.09. The lowest BCUT2D eigenvalue weighted by Crippen LogP contribution is -2.43. The van der Waals surface area contributed by atoms with Gasteiger partial charge in [0, 0.05) is 50.0 Å². The third-order valence-electron chi connectivity index (χ3n) is 7.69. The lowest BCUT2D eigenvalue weighted by atomic mass is 9.74. The lowest BCUT2D eigenvalue weighted by Gasteiger charge is -2.41. The van der Waals surface area contributed by atoms with Crippen molar-refractivity contribution in [2.45, 2.75) is 38.3 Å². The number of rotatable bonds is 11. The molecule has 2 heterocycles. The first-order valence-corrected chi connectivity index (χ1v) is 12.8. The van der Waals surface area contributed by atoms with Gasteiger partial charge in [-0.25, -0.2) is 13.2 Å². The minimum atomic E-state index is -1.22. The number of fused-ring (bicyclic) bond motifs is 1. The van der Waals surface area contributed by atoms with Crippen LogP contribution in [0.25, 0.3) is 10.9 Å². The van der Waals surface area contributed by atoms with Crippen LogP contribution in [-0.4, -0.2) is 60.0 Å². The molecular formula is C28H35F3N4O3. The molecule has 5 N–H and O–H groups in total. The van der Waals surface area contributed by atoms with E-state index in [0.29, 0.717) is 50.8 Å². The van der Waals surface area contributed by atoms with Crippen molar-refractivity contribution in [1.82, 2.24) is 9.88 Å². The van der Waals surface area contributed by atoms with Gasteiger partial charge in [-0.2, -0.15) is 0 Å². The molecule has 38 heavy (non-hydrogen) atoms. The van der Waals surface area contributed by atoms with E-state index in [9.17, 15) is 23.4 Å². The van der Waals surface area contributed by atoms with Gasteiger partial charge in [-0.15, -0.1) is 0 Å². The number of aliphatic hydroxyl groups is 2. The summed E-state index contributed by atoms with van der Waals surface area (Å²) < 4.78 is 46.0. The Balaban J connectivity index is 1.35. The highest BCUT2D eigenvalue weighted by molar-refractivity contribution is 5.85. The summed E-state index contributed by atoms with van der Waals surface area (Å²) in [5.41, 5.74) is 7.70. The molecule has 1 aliphatic rings. The van der Waals surface area contributed by atoms with Crippen molar-refractivity contribution in [2.24, 2.45) is 11.1 Å². The van der Waals surface area contributed by atoms with Gasteiger partial charge in [0.15, 0.2) is 11.6 Å². The van der Waals surface area contributed by atoms with Gasteiger partial charge in [0.25, 0.3) is 0 Å². The lowest BCUT2D eigenvalue weighted by molar-refractivity contribution is 0.0247. The Morgan fingerprint density at radius 3 is 2.63 bits per heavy atom. The number of benzene rings is 2. The molecule has 1 aliphatic heterocycles. The molecule has 1 saturated heterocycles. The molecule has 0 spiro atoms. The number of nitrogens with one attached hydrogen (secondary N) is 1. The molecule has 4 rings (SSSR count). The van der Waals surface area contributed by atoms with Crippen molar-refractivity contribution in [3.05, 3.63) is 65.1 Å². The monoisotopic (exact) mass is 532 g/mol. The highest BCUT2D eigenvalue weighted by Gasteiger charge is 2.34. The molecule has 0 amide bonds. The maximum Gasteiger partial charge on any atom is 0.182 e. The van der Waals surface area contributed by atoms with Crippen molar-refractivity contribution in [3.63, 3.8) is 0 Å². The second-order valence-corrected chi connectivity index (χ2v) is 10.0. The van der Waals surface area contributed by atoms with E-state index in [0.717, 1.165) is 40.9 Å². The van der Waals surface area contributed by atoms with E-state index in [1.165, 1.54) is 0 Å². The van der Waals surface area contributed by atoms with Gasteiger partial charge in [-0.05, 0) is 73.5 Å². The topological polar surface area (TPSA) is 104 Å². The molecule has 10 heteroatoms. The van der Waals surface area contributed by atoms with E-state index in [2.05, 4.69) is 15.2 Å². The Hall–Kier alpha value is -2.92. The number of nitrogens with two attached hydrogens (primary N) is 1. The Morgan fingerprint density at radius 2 is 1.95 bits per heavy atom. The van der Waals surface area contributed by atoms with E-state index in [1.807, 2.05) is 18.2 Å². The van der Waals surface area contributed by atoms with Crippen LogP contribution in [0.1, 0.15) is 42.9 Å². The molecule has 1 fully saturated rings. The van der Waals surface area contributed by atoms with Crippen LogP contribution in [0, 0.1) is 22.9 Å². The number of halogens is 3. The summed E-state index contributed by atoms with van der Waals surface area (Å²) in [6.45, 7) is 2.56. The fourth-order valence-corrected chi connectivity index (χ4v) is 5.28. The molecule has 0 radical (unpaired) electrons. The van der Waals surface area contributed by atoms with Crippen LogP contribution in [0.4, 0.5) is 18.9 Å². The predicted octanol–water partition coefficient (Wildman–Crippen LogP) is 4.12. The summed E-state index contributed by atoms with van der Waals surface area (Å²) in [5, 5.41) is 25.1. The number of anilines is 1. The van der Waals surface area contributed by atoms with E-state index in [-0.39, 0.29) is 24.3 Å². The molecular weight excluding hydrogens is 497 g/mol. The maximum absolute atomic E-state index is 13.9. The van der Waals surface area contributed by atoms with Crippen molar-refractivity contribution >= 4 is 16.6 Å². The number of hydrogen-bond donors (Lipinski definition) is 4. The quantitative estimate of drug-likeness (QED) is 0.276. The van der Waals surface area contributed by atoms with Crippen LogP contribution < -0.4 is 15.8 Å². The van der Waals surface area contributed by atoms with E-state index in [1.54, 1.807) is 13.3 Å². The van der Waals surface area contributed by atoms with Gasteiger partial charge in [0.2, 0.25) is 0 Å². The smallest absolute Gasteiger partial charge is 0.182 e. The van der Waals surface area contributed by atoms with Crippen LogP contribution in [0.15, 0.2) is 36.5 Å². The van der Waals surface area contributed by atoms with Crippen LogP contribution in [0.2, 0.25) is 0 Å². The van der Waals surface area contributed by atoms with Crippen molar-refractivity contribution in [2.75, 3.05) is 45.2 Å². The number of piperidine rings is 1. The molecule has 7 nitrogen and oxygen atoms in total. The van der Waals surface area contributed by atoms with Crippen LogP contribution >= 0.6 is 0 Å². The first-order chi connectivity index (χ1) is 18.3. The second-order valence-electron chi connectivity index (χ2n) is 10.0. The summed E-state index contributed by atoms with van der Waals surface area (Å²) in [5.74, 6) is -2.49. The van der Waals surface area contributed by atoms with Gasteiger partial charge < -0.3 is 30.9 Å². The number of likely N-dealkylation sites (tertiary alicyclic amines) is 1. The Labute approximate surface area is 220 Å². The van der Waals surface area contributed by atoms with Crippen LogP contribution in [0.3, 0.4) is 0 Å². The largest absolute Gasteiger partial charge is 0.497 e. The number of aromatic nitrogens is 1. The van der Waals surface area contributed by atoms with Crippen molar-refractivity contribution < 1.29 is 28.1 Å². The summed E-state index contributed by atoms with van der Waals surface area (Å²) in [4.78, 5) is 6.63. The van der Waals surface area contributed by atoms with E-state index >= 15 is 0 Å². The minimum Gasteiger partial charge on any atom is -0.497 e. The molecule has 1 aromatic heterocycles. The predicted molar refractivity (Wildman–Crippen MR) is 140 cm³/mol. The standard InChI is InChI=1S/C28H35F3N4O3/c1-38-20-2-3-23-21(14-20)26(18(15-32)16-34-23)25(37)4-5-28(17-36)6-9-35(10-7-28)11-8-33-24-13-19(29)12-22(30)27(24)31/h2-3,12-14,16,25,33,36-37H,4-11,15,17,32H2,1H3. The molecule has 1 atom stereocenters. The second kappa shape index (κ2) is 12.3. The number of hydrogen-bond acceptors (Lipinski definition) is 7. The zero-order valence-corrected chi connectivity index (χ0v) is 21.5. The first kappa shape index (κ1) is 28.1. The van der Waals surface area contributed by atoms with Crippen molar-refractivity contribution in [3.8, 4) is 5.75 Å². The number of nitrogens with zero attached hydrogens (tertiary/aromatic N) is 2. The average Bonchev–Trinajstić information content (AvgIpc) is 2.94. The first-order valence-electron chi connectivity index (χ1n) is 12.8. The third-order valence-corrected chi connectivity index (χ3v) is 7.69. The Morgan fingerprint density at radius 1 is 1.18 bits per heavy atom.